The summed E-state index contributed by atoms with van der Waals surface area (Å²) >= 11 is 0. The first-order chi connectivity index (χ1) is 13.6. The SMILES string of the molecule is CCOc1ccc(C(=O)C(C)[n+]2cc(-c3ccc(F)cc3)n3c2CCC3)cc1. The minimum atomic E-state index is -0.313. The van der Waals surface area contributed by atoms with Crippen molar-refractivity contribution in [2.45, 2.75) is 39.3 Å². The van der Waals surface area contributed by atoms with Crippen LogP contribution >= 0.6 is 0 Å². The van der Waals surface area contributed by atoms with Gasteiger partial charge in [0.05, 0.1) is 19.6 Å². The highest BCUT2D eigenvalue weighted by molar-refractivity contribution is 5.97. The molecule has 1 aliphatic rings. The number of hydrogen-bond donors (Lipinski definition) is 0. The molecule has 3 aromatic rings. The molecule has 2 heterocycles. The lowest BCUT2D eigenvalue weighted by atomic mass is 10.0. The molecule has 0 spiro atoms. The smallest absolute Gasteiger partial charge is 0.257 e. The summed E-state index contributed by atoms with van der Waals surface area (Å²) in [6, 6.07) is 13.5. The van der Waals surface area contributed by atoms with Crippen molar-refractivity contribution in [1.29, 1.82) is 0 Å². The Balaban J connectivity index is 1.66. The van der Waals surface area contributed by atoms with Crippen LogP contribution in [0.25, 0.3) is 11.3 Å². The average molecular weight is 379 g/mol. The van der Waals surface area contributed by atoms with Gasteiger partial charge in [0, 0.05) is 11.1 Å². The summed E-state index contributed by atoms with van der Waals surface area (Å²) in [5.74, 6) is 1.73. The number of carbonyl (C=O) groups excluding carboxylic acids is 1. The number of benzene rings is 2. The summed E-state index contributed by atoms with van der Waals surface area (Å²) in [4.78, 5) is 13.1. The number of imidazole rings is 1. The minimum absolute atomic E-state index is 0.0685. The van der Waals surface area contributed by atoms with E-state index in [1.165, 1.54) is 12.1 Å². The number of halogens is 1. The maximum absolute atomic E-state index is 13.3. The summed E-state index contributed by atoms with van der Waals surface area (Å²) < 4.78 is 23.1. The van der Waals surface area contributed by atoms with E-state index in [4.69, 9.17) is 4.74 Å². The lowest BCUT2D eigenvalue weighted by molar-refractivity contribution is -0.710. The minimum Gasteiger partial charge on any atom is -0.494 e. The molecule has 1 aliphatic heterocycles. The zero-order valence-electron chi connectivity index (χ0n) is 16.2. The van der Waals surface area contributed by atoms with Crippen LogP contribution in [0.5, 0.6) is 5.75 Å². The van der Waals surface area contributed by atoms with Gasteiger partial charge in [0.15, 0.2) is 11.7 Å². The molecule has 0 saturated carbocycles. The van der Waals surface area contributed by atoms with E-state index in [0.717, 1.165) is 42.2 Å². The highest BCUT2D eigenvalue weighted by Crippen LogP contribution is 2.26. The third-order valence-electron chi connectivity index (χ3n) is 5.33. The Kier molecular flexibility index (Phi) is 4.99. The fraction of sp³-hybridized carbons (Fsp3) is 0.304. The van der Waals surface area contributed by atoms with Gasteiger partial charge in [-0.15, -0.1) is 0 Å². The standard InChI is InChI=1S/C23H24FN2O2/c1-3-28-20-12-8-18(9-13-20)23(27)16(2)26-15-21(25-14-4-5-22(25)26)17-6-10-19(24)11-7-17/h6-13,15-16H,3-5,14H2,1-2H3/q+1. The van der Waals surface area contributed by atoms with Crippen molar-refractivity contribution in [2.75, 3.05) is 6.61 Å². The summed E-state index contributed by atoms with van der Waals surface area (Å²) in [6.45, 7) is 5.39. The topological polar surface area (TPSA) is 35.1 Å². The molecular formula is C23H24FN2O2+. The van der Waals surface area contributed by atoms with Crippen molar-refractivity contribution in [2.24, 2.45) is 0 Å². The van der Waals surface area contributed by atoms with Gasteiger partial charge in [-0.05, 0) is 68.8 Å². The molecule has 0 bridgehead atoms. The van der Waals surface area contributed by atoms with E-state index in [1.807, 2.05) is 44.3 Å². The van der Waals surface area contributed by atoms with Crippen LogP contribution < -0.4 is 9.30 Å². The number of hydrogen-bond acceptors (Lipinski definition) is 2. The van der Waals surface area contributed by atoms with Gasteiger partial charge in [-0.3, -0.25) is 4.79 Å². The molecule has 0 radical (unpaired) electrons. The second-order valence-corrected chi connectivity index (χ2v) is 7.10. The molecule has 0 N–H and O–H groups in total. The van der Waals surface area contributed by atoms with E-state index in [2.05, 4.69) is 9.13 Å². The first-order valence-corrected chi connectivity index (χ1v) is 9.75. The first kappa shape index (κ1) is 18.4. The summed E-state index contributed by atoms with van der Waals surface area (Å²) in [5, 5.41) is 0. The van der Waals surface area contributed by atoms with Gasteiger partial charge in [0.1, 0.15) is 17.8 Å². The third kappa shape index (κ3) is 3.33. The van der Waals surface area contributed by atoms with E-state index in [-0.39, 0.29) is 17.6 Å². The molecule has 1 atom stereocenters. The van der Waals surface area contributed by atoms with Crippen LogP contribution in [0.2, 0.25) is 0 Å². The molecule has 4 rings (SSSR count). The molecule has 4 nitrogen and oxygen atoms in total. The van der Waals surface area contributed by atoms with Crippen LogP contribution in [-0.2, 0) is 13.0 Å². The van der Waals surface area contributed by atoms with Gasteiger partial charge in [-0.2, -0.15) is 0 Å². The van der Waals surface area contributed by atoms with E-state index >= 15 is 0 Å². The van der Waals surface area contributed by atoms with Crippen LogP contribution in [0.3, 0.4) is 0 Å². The number of aromatic nitrogens is 2. The number of nitrogens with zero attached hydrogens (tertiary/aromatic N) is 2. The quantitative estimate of drug-likeness (QED) is 0.471. The molecule has 0 aliphatic carbocycles. The van der Waals surface area contributed by atoms with Crippen molar-refractivity contribution >= 4 is 5.78 Å². The van der Waals surface area contributed by atoms with E-state index in [9.17, 15) is 9.18 Å². The maximum Gasteiger partial charge on any atom is 0.257 e. The Morgan fingerprint density at radius 3 is 2.57 bits per heavy atom. The number of rotatable bonds is 6. The number of carbonyl (C=O) groups is 1. The van der Waals surface area contributed by atoms with Crippen LogP contribution in [0.15, 0.2) is 54.7 Å². The second kappa shape index (κ2) is 7.58. The highest BCUT2D eigenvalue weighted by Gasteiger charge is 2.33. The fourth-order valence-corrected chi connectivity index (χ4v) is 3.90. The van der Waals surface area contributed by atoms with Crippen molar-refractivity contribution in [1.82, 2.24) is 4.57 Å². The van der Waals surface area contributed by atoms with Crippen LogP contribution in [0.1, 0.15) is 42.5 Å². The van der Waals surface area contributed by atoms with Gasteiger partial charge >= 0.3 is 0 Å². The normalized spacial score (nSPS) is 14.0. The zero-order valence-corrected chi connectivity index (χ0v) is 16.2. The van der Waals surface area contributed by atoms with Gasteiger partial charge in [-0.1, -0.05) is 0 Å². The molecule has 1 unspecified atom stereocenters. The fourth-order valence-electron chi connectivity index (χ4n) is 3.90. The Morgan fingerprint density at radius 1 is 1.18 bits per heavy atom. The van der Waals surface area contributed by atoms with E-state index in [0.29, 0.717) is 12.2 Å². The monoisotopic (exact) mass is 379 g/mol. The van der Waals surface area contributed by atoms with E-state index in [1.54, 1.807) is 12.1 Å². The molecule has 5 heteroatoms. The number of ketones is 1. The second-order valence-electron chi connectivity index (χ2n) is 7.10. The van der Waals surface area contributed by atoms with Crippen molar-refractivity contribution in [3.05, 3.63) is 71.9 Å². The largest absolute Gasteiger partial charge is 0.494 e. The van der Waals surface area contributed by atoms with Gasteiger partial charge in [-0.25, -0.2) is 13.5 Å². The predicted octanol–water partition coefficient (Wildman–Crippen LogP) is 4.37. The molecule has 1 aromatic heterocycles. The Bertz CT molecular complexity index is 991. The van der Waals surface area contributed by atoms with Crippen molar-refractivity contribution in [3.8, 4) is 17.0 Å². The lowest BCUT2D eigenvalue weighted by Crippen LogP contribution is -2.44. The maximum atomic E-state index is 13.3. The molecule has 28 heavy (non-hydrogen) atoms. The van der Waals surface area contributed by atoms with Crippen molar-refractivity contribution in [3.63, 3.8) is 0 Å². The van der Waals surface area contributed by atoms with E-state index < -0.39 is 0 Å². The average Bonchev–Trinajstić information content (AvgIpc) is 3.31. The van der Waals surface area contributed by atoms with Crippen molar-refractivity contribution < 1.29 is 18.5 Å². The molecule has 144 valence electrons. The van der Waals surface area contributed by atoms with Gasteiger partial charge in [0.2, 0.25) is 5.78 Å². The predicted molar refractivity (Wildman–Crippen MR) is 105 cm³/mol. The van der Waals surface area contributed by atoms with Crippen LogP contribution in [0, 0.1) is 5.82 Å². The molecule has 0 saturated heterocycles. The molecule has 0 amide bonds. The Morgan fingerprint density at radius 2 is 1.89 bits per heavy atom. The lowest BCUT2D eigenvalue weighted by Gasteiger charge is -2.10. The van der Waals surface area contributed by atoms with Crippen LogP contribution in [0.4, 0.5) is 4.39 Å². The third-order valence-corrected chi connectivity index (χ3v) is 5.33. The summed E-state index contributed by atoms with van der Waals surface area (Å²) in [7, 11) is 0. The summed E-state index contributed by atoms with van der Waals surface area (Å²) in [5.41, 5.74) is 2.66. The Labute approximate surface area is 164 Å². The molecule has 0 fully saturated rings. The summed E-state index contributed by atoms with van der Waals surface area (Å²) in [6.07, 6.45) is 4.01. The number of Topliss-reactive ketones (excluding diaryl/α,β-unsaturated/α-hetero) is 1. The number of ether oxygens (including phenoxy) is 1. The molecule has 2 aromatic carbocycles. The molecular weight excluding hydrogens is 355 g/mol. The Hall–Kier alpha value is -2.95. The van der Waals surface area contributed by atoms with Gasteiger partial charge < -0.3 is 4.74 Å². The highest BCUT2D eigenvalue weighted by atomic mass is 19.1. The number of fused-ring (bicyclic) bond motifs is 1. The van der Waals surface area contributed by atoms with Gasteiger partial charge in [0.25, 0.3) is 5.82 Å². The first-order valence-electron chi connectivity index (χ1n) is 9.75. The zero-order chi connectivity index (χ0) is 19.7. The van der Waals surface area contributed by atoms with Crippen LogP contribution in [-0.4, -0.2) is 17.0 Å².